The van der Waals surface area contributed by atoms with E-state index in [4.69, 9.17) is 5.73 Å². The maximum atomic E-state index is 10.3. The highest BCUT2D eigenvalue weighted by atomic mass is 32.1. The van der Waals surface area contributed by atoms with Gasteiger partial charge in [0.1, 0.15) is 6.20 Å². The molecular formula is C7H12N4O2S. The molecule has 0 fully saturated rings. The van der Waals surface area contributed by atoms with E-state index in [0.29, 0.717) is 11.7 Å². The summed E-state index contributed by atoms with van der Waals surface area (Å²) in [5.41, 5.74) is 5.54. The van der Waals surface area contributed by atoms with Gasteiger partial charge in [-0.3, -0.25) is 10.1 Å². The molecule has 78 valence electrons. The molecule has 0 saturated heterocycles. The van der Waals surface area contributed by atoms with Crippen molar-refractivity contribution in [2.75, 3.05) is 11.9 Å². The summed E-state index contributed by atoms with van der Waals surface area (Å²) in [5, 5.41) is 13.9. The zero-order valence-electron chi connectivity index (χ0n) is 7.77. The Labute approximate surface area is 85.3 Å². The molecule has 6 nitrogen and oxygen atoms in total. The van der Waals surface area contributed by atoms with Crippen LogP contribution in [0.1, 0.15) is 13.3 Å². The predicted octanol–water partition coefficient (Wildman–Crippen LogP) is 1.20. The lowest BCUT2D eigenvalue weighted by Gasteiger charge is -2.04. The Kier molecular flexibility index (Phi) is 3.78. The Morgan fingerprint density at radius 1 is 1.86 bits per heavy atom. The van der Waals surface area contributed by atoms with Gasteiger partial charge >= 0.3 is 5.00 Å². The normalized spacial score (nSPS) is 12.4. The molecule has 1 heterocycles. The van der Waals surface area contributed by atoms with Crippen LogP contribution in [0.2, 0.25) is 0 Å². The summed E-state index contributed by atoms with van der Waals surface area (Å²) in [7, 11) is 0. The van der Waals surface area contributed by atoms with Crippen molar-refractivity contribution in [2.45, 2.75) is 19.4 Å². The number of nitro groups is 1. The standard InChI is InChI=1S/C7H12N4O2S/c1-5(8)2-3-9-7-10-4-6(14-7)11(12)13/h4-5H,2-3,8H2,1H3,(H,9,10). The van der Waals surface area contributed by atoms with Gasteiger partial charge in [-0.2, -0.15) is 0 Å². The predicted molar refractivity (Wildman–Crippen MR) is 55.5 cm³/mol. The molecule has 0 aliphatic rings. The van der Waals surface area contributed by atoms with Crippen LogP contribution in [-0.4, -0.2) is 22.5 Å². The van der Waals surface area contributed by atoms with Crippen molar-refractivity contribution < 1.29 is 4.92 Å². The highest BCUT2D eigenvalue weighted by Gasteiger charge is 2.10. The summed E-state index contributed by atoms with van der Waals surface area (Å²) >= 11 is 1.03. The van der Waals surface area contributed by atoms with Crippen LogP contribution in [0.25, 0.3) is 0 Å². The minimum absolute atomic E-state index is 0.0493. The molecule has 0 aliphatic heterocycles. The second-order valence-electron chi connectivity index (χ2n) is 2.95. The summed E-state index contributed by atoms with van der Waals surface area (Å²) in [6.45, 7) is 2.59. The molecule has 0 saturated carbocycles. The number of nitrogens with two attached hydrogens (primary N) is 1. The molecule has 7 heteroatoms. The molecule has 0 aromatic carbocycles. The lowest BCUT2D eigenvalue weighted by Crippen LogP contribution is -2.18. The number of hydrogen-bond donors (Lipinski definition) is 2. The van der Waals surface area contributed by atoms with Crippen LogP contribution in [0.4, 0.5) is 10.1 Å². The fourth-order valence-corrected chi connectivity index (χ4v) is 1.50. The lowest BCUT2D eigenvalue weighted by molar-refractivity contribution is -0.380. The Morgan fingerprint density at radius 2 is 2.57 bits per heavy atom. The first-order valence-corrected chi connectivity index (χ1v) is 5.01. The fourth-order valence-electron chi connectivity index (χ4n) is 0.839. The maximum Gasteiger partial charge on any atom is 0.345 e. The molecule has 0 amide bonds. The van der Waals surface area contributed by atoms with Gasteiger partial charge in [-0.25, -0.2) is 4.98 Å². The van der Waals surface area contributed by atoms with Gasteiger partial charge in [0.15, 0.2) is 5.13 Å². The first-order valence-electron chi connectivity index (χ1n) is 4.19. The molecule has 1 rings (SSSR count). The van der Waals surface area contributed by atoms with Crippen molar-refractivity contribution in [1.82, 2.24) is 4.98 Å². The van der Waals surface area contributed by atoms with E-state index in [-0.39, 0.29) is 11.0 Å². The van der Waals surface area contributed by atoms with Crippen LogP contribution < -0.4 is 11.1 Å². The average Bonchev–Trinajstić information content (AvgIpc) is 2.52. The van der Waals surface area contributed by atoms with Crippen LogP contribution in [0.15, 0.2) is 6.20 Å². The molecule has 0 bridgehead atoms. The van der Waals surface area contributed by atoms with E-state index < -0.39 is 4.92 Å². The van der Waals surface area contributed by atoms with Crippen molar-refractivity contribution in [3.8, 4) is 0 Å². The third-order valence-corrected chi connectivity index (χ3v) is 2.46. The zero-order valence-corrected chi connectivity index (χ0v) is 8.58. The lowest BCUT2D eigenvalue weighted by atomic mass is 10.2. The quantitative estimate of drug-likeness (QED) is 0.569. The van der Waals surface area contributed by atoms with Crippen molar-refractivity contribution in [3.63, 3.8) is 0 Å². The van der Waals surface area contributed by atoms with Crippen molar-refractivity contribution >= 4 is 21.5 Å². The van der Waals surface area contributed by atoms with E-state index in [1.807, 2.05) is 6.92 Å². The molecule has 3 N–H and O–H groups in total. The number of nitrogens with zero attached hydrogens (tertiary/aromatic N) is 2. The molecule has 0 spiro atoms. The van der Waals surface area contributed by atoms with Crippen molar-refractivity contribution in [1.29, 1.82) is 0 Å². The highest BCUT2D eigenvalue weighted by molar-refractivity contribution is 7.18. The SMILES string of the molecule is CC(N)CCNc1ncc([N+](=O)[O-])s1. The first kappa shape index (κ1) is 10.9. The summed E-state index contributed by atoms with van der Waals surface area (Å²) in [4.78, 5) is 13.7. The Morgan fingerprint density at radius 3 is 3.07 bits per heavy atom. The fraction of sp³-hybridized carbons (Fsp3) is 0.571. The number of thiazole rings is 1. The van der Waals surface area contributed by atoms with E-state index in [1.54, 1.807) is 0 Å². The number of aromatic nitrogens is 1. The van der Waals surface area contributed by atoms with E-state index in [2.05, 4.69) is 10.3 Å². The largest absolute Gasteiger partial charge is 0.361 e. The van der Waals surface area contributed by atoms with Crippen LogP contribution in [0, 0.1) is 10.1 Å². The van der Waals surface area contributed by atoms with Gasteiger partial charge < -0.3 is 11.1 Å². The molecule has 1 aromatic rings. The number of rotatable bonds is 5. The molecule has 1 unspecified atom stereocenters. The number of anilines is 1. The van der Waals surface area contributed by atoms with Crippen LogP contribution >= 0.6 is 11.3 Å². The Hall–Kier alpha value is -1.21. The molecule has 1 aromatic heterocycles. The van der Waals surface area contributed by atoms with Gasteiger partial charge in [0.25, 0.3) is 0 Å². The summed E-state index contributed by atoms with van der Waals surface area (Å²) in [6, 6.07) is 0.123. The van der Waals surface area contributed by atoms with E-state index in [0.717, 1.165) is 17.8 Å². The topological polar surface area (TPSA) is 94.1 Å². The van der Waals surface area contributed by atoms with Crippen molar-refractivity contribution in [3.05, 3.63) is 16.3 Å². The Bertz CT molecular complexity index is 312. The minimum Gasteiger partial charge on any atom is -0.361 e. The van der Waals surface area contributed by atoms with Gasteiger partial charge in [0.2, 0.25) is 0 Å². The third-order valence-electron chi connectivity index (χ3n) is 1.55. The van der Waals surface area contributed by atoms with Gasteiger partial charge in [0.05, 0.1) is 4.92 Å². The van der Waals surface area contributed by atoms with E-state index in [9.17, 15) is 10.1 Å². The van der Waals surface area contributed by atoms with Gasteiger partial charge in [-0.1, -0.05) is 0 Å². The molecule has 1 atom stereocenters. The van der Waals surface area contributed by atoms with E-state index >= 15 is 0 Å². The Balaban J connectivity index is 2.40. The van der Waals surface area contributed by atoms with Crippen LogP contribution in [-0.2, 0) is 0 Å². The van der Waals surface area contributed by atoms with Gasteiger partial charge in [-0.05, 0) is 24.7 Å². The summed E-state index contributed by atoms with van der Waals surface area (Å²) in [6.07, 6.45) is 2.06. The summed E-state index contributed by atoms with van der Waals surface area (Å²) < 4.78 is 0. The van der Waals surface area contributed by atoms with Gasteiger partial charge in [0, 0.05) is 12.6 Å². The minimum atomic E-state index is -0.450. The summed E-state index contributed by atoms with van der Waals surface area (Å²) in [5.74, 6) is 0. The molecular weight excluding hydrogens is 204 g/mol. The molecule has 14 heavy (non-hydrogen) atoms. The smallest absolute Gasteiger partial charge is 0.345 e. The second-order valence-corrected chi connectivity index (χ2v) is 3.96. The zero-order chi connectivity index (χ0) is 10.6. The monoisotopic (exact) mass is 216 g/mol. The highest BCUT2D eigenvalue weighted by Crippen LogP contribution is 2.24. The average molecular weight is 216 g/mol. The first-order chi connectivity index (χ1) is 6.59. The van der Waals surface area contributed by atoms with Crippen LogP contribution in [0.3, 0.4) is 0 Å². The molecule has 0 aliphatic carbocycles. The number of nitrogens with one attached hydrogen (secondary N) is 1. The third kappa shape index (κ3) is 3.27. The maximum absolute atomic E-state index is 10.3. The molecule has 0 radical (unpaired) electrons. The van der Waals surface area contributed by atoms with E-state index in [1.165, 1.54) is 6.20 Å². The number of hydrogen-bond acceptors (Lipinski definition) is 6. The van der Waals surface area contributed by atoms with Crippen LogP contribution in [0.5, 0.6) is 0 Å². The van der Waals surface area contributed by atoms with Crippen molar-refractivity contribution in [2.24, 2.45) is 5.73 Å². The second kappa shape index (κ2) is 4.87. The van der Waals surface area contributed by atoms with Gasteiger partial charge in [-0.15, -0.1) is 0 Å².